The van der Waals surface area contributed by atoms with Gasteiger partial charge in [-0.2, -0.15) is 0 Å². The lowest BCUT2D eigenvalue weighted by Crippen LogP contribution is -2.26. The van der Waals surface area contributed by atoms with Gasteiger partial charge in [-0.05, 0) is 50.4 Å². The number of para-hydroxylation sites is 2. The van der Waals surface area contributed by atoms with E-state index in [0.717, 1.165) is 93.2 Å². The molecule has 254 valence electrons. The monoisotopic (exact) mass is 700 g/mol. The van der Waals surface area contributed by atoms with Crippen LogP contribution in [-0.4, -0.2) is 14.1 Å². The van der Waals surface area contributed by atoms with Crippen molar-refractivity contribution in [1.82, 2.24) is 8.97 Å². The molecule has 8 aromatic carbocycles. The summed E-state index contributed by atoms with van der Waals surface area (Å²) >= 11 is 0. The maximum absolute atomic E-state index is 14.8. The van der Waals surface area contributed by atoms with Crippen LogP contribution < -0.4 is 5.56 Å². The first-order valence-electron chi connectivity index (χ1n) is 19.0. The number of pyridine rings is 1. The highest BCUT2D eigenvalue weighted by atomic mass is 16.3. The van der Waals surface area contributed by atoms with Crippen molar-refractivity contribution in [3.63, 3.8) is 0 Å². The van der Waals surface area contributed by atoms with Gasteiger partial charge in [0.05, 0.1) is 27.5 Å². The molecule has 0 amide bonds. The zero-order chi connectivity index (χ0) is 35.9. The second-order valence-electron chi connectivity index (χ2n) is 15.5. The predicted octanol–water partition coefficient (Wildman–Crippen LogP) is 11.2. The van der Waals surface area contributed by atoms with E-state index in [1.165, 1.54) is 27.8 Å². The van der Waals surface area contributed by atoms with E-state index in [1.807, 2.05) is 28.7 Å². The molecule has 2 aliphatic carbocycles. The van der Waals surface area contributed by atoms with Crippen LogP contribution in [0.25, 0.3) is 93.2 Å². The average Bonchev–Trinajstić information content (AvgIpc) is 3.95. The quantitative estimate of drug-likeness (QED) is 0.160. The third-order valence-corrected chi connectivity index (χ3v) is 13.4. The van der Waals surface area contributed by atoms with Crippen molar-refractivity contribution in [3.8, 4) is 33.4 Å². The molecule has 2 atom stereocenters. The number of aliphatic hydroxyl groups excluding tert-OH is 1. The van der Waals surface area contributed by atoms with Crippen LogP contribution in [0.1, 0.15) is 34.0 Å². The molecular weight excluding hydrogens is 673 g/mol. The number of fused-ring (bicyclic) bond motifs is 22. The van der Waals surface area contributed by atoms with Gasteiger partial charge in [0.2, 0.25) is 0 Å². The van der Waals surface area contributed by atoms with Crippen molar-refractivity contribution >= 4 is 59.8 Å². The van der Waals surface area contributed by atoms with Gasteiger partial charge in [0.15, 0.2) is 6.23 Å². The van der Waals surface area contributed by atoms with E-state index < -0.39 is 11.6 Å². The van der Waals surface area contributed by atoms with E-state index >= 15 is 0 Å². The number of aliphatic hydroxyl groups is 1. The van der Waals surface area contributed by atoms with Gasteiger partial charge in [-0.15, -0.1) is 0 Å². The fourth-order valence-corrected chi connectivity index (χ4v) is 11.5. The van der Waals surface area contributed by atoms with E-state index in [-0.39, 0.29) is 5.56 Å². The fraction of sp³-hybridized carbons (Fsp3) is 0.0392. The van der Waals surface area contributed by atoms with Crippen molar-refractivity contribution in [2.75, 3.05) is 0 Å². The van der Waals surface area contributed by atoms with E-state index in [1.54, 1.807) is 0 Å². The van der Waals surface area contributed by atoms with Gasteiger partial charge >= 0.3 is 0 Å². The maximum Gasteiger partial charge on any atom is 0.263 e. The third kappa shape index (κ3) is 2.97. The molecule has 4 nitrogen and oxygen atoms in total. The van der Waals surface area contributed by atoms with Gasteiger partial charge in [0.1, 0.15) is 0 Å². The van der Waals surface area contributed by atoms with Gasteiger partial charge in [-0.1, -0.05) is 152 Å². The first-order valence-corrected chi connectivity index (χ1v) is 19.0. The molecular formula is C51H28N2O2. The van der Waals surface area contributed by atoms with E-state index in [0.29, 0.717) is 0 Å². The lowest BCUT2D eigenvalue weighted by Gasteiger charge is -2.30. The SMILES string of the molecule is O=c1c2ccccc2c2cccc3c4ccc5c(c4n1c23)-c1ccccc1C51c2ccccc2-c2c1ccc1c3cccc4c3n(c21)C(O)c1ccccc1-4. The Hall–Kier alpha value is -7.01. The minimum absolute atomic E-state index is 0.0131. The molecule has 0 saturated heterocycles. The second-order valence-corrected chi connectivity index (χ2v) is 15.5. The summed E-state index contributed by atoms with van der Waals surface area (Å²) in [5.74, 6) is 0. The highest BCUT2D eigenvalue weighted by Crippen LogP contribution is 2.65. The normalized spacial score (nSPS) is 17.5. The average molecular weight is 701 g/mol. The van der Waals surface area contributed by atoms with Crippen molar-refractivity contribution in [3.05, 3.63) is 196 Å². The molecule has 1 N–H and O–H groups in total. The molecule has 1 spiro atoms. The Morgan fingerprint density at radius 2 is 0.891 bits per heavy atom. The highest BCUT2D eigenvalue weighted by Gasteiger charge is 2.53. The molecule has 0 bridgehead atoms. The number of nitrogens with zero attached hydrogens (tertiary/aromatic N) is 2. The molecule has 0 radical (unpaired) electrons. The van der Waals surface area contributed by atoms with Crippen LogP contribution in [0.15, 0.2) is 163 Å². The minimum Gasteiger partial charge on any atom is -0.369 e. The summed E-state index contributed by atoms with van der Waals surface area (Å²) in [7, 11) is 0. The smallest absolute Gasteiger partial charge is 0.263 e. The molecule has 14 rings (SSSR count). The van der Waals surface area contributed by atoms with Gasteiger partial charge in [-0.25, -0.2) is 0 Å². The van der Waals surface area contributed by atoms with E-state index in [9.17, 15) is 9.90 Å². The van der Waals surface area contributed by atoms with Crippen molar-refractivity contribution < 1.29 is 5.11 Å². The Morgan fingerprint density at radius 3 is 1.62 bits per heavy atom. The Bertz CT molecular complexity index is 3660. The summed E-state index contributed by atoms with van der Waals surface area (Å²) in [6.07, 6.45) is -0.839. The molecule has 3 aromatic heterocycles. The zero-order valence-electron chi connectivity index (χ0n) is 29.3. The first kappa shape index (κ1) is 28.5. The van der Waals surface area contributed by atoms with Crippen LogP contribution in [0.3, 0.4) is 0 Å². The summed E-state index contributed by atoms with van der Waals surface area (Å²) in [5.41, 5.74) is 16.0. The number of benzene rings is 8. The van der Waals surface area contributed by atoms with Crippen LogP contribution in [-0.2, 0) is 5.41 Å². The second kappa shape index (κ2) is 9.37. The van der Waals surface area contributed by atoms with Crippen molar-refractivity contribution in [2.45, 2.75) is 11.6 Å². The maximum atomic E-state index is 14.8. The number of aromatic nitrogens is 2. The molecule has 55 heavy (non-hydrogen) atoms. The molecule has 0 saturated carbocycles. The summed E-state index contributed by atoms with van der Waals surface area (Å²) < 4.78 is 4.21. The Labute approximate surface area is 313 Å². The van der Waals surface area contributed by atoms with E-state index in [2.05, 4.69) is 138 Å². The molecule has 4 heteroatoms. The molecule has 1 aliphatic heterocycles. The van der Waals surface area contributed by atoms with Crippen LogP contribution >= 0.6 is 0 Å². The van der Waals surface area contributed by atoms with Crippen LogP contribution in [0.2, 0.25) is 0 Å². The Kier molecular flexibility index (Phi) is 4.85. The van der Waals surface area contributed by atoms with Gasteiger partial charge < -0.3 is 9.67 Å². The Balaban J connectivity index is 1.19. The molecule has 4 heterocycles. The summed E-state index contributed by atoms with van der Waals surface area (Å²) in [6.45, 7) is 0. The minimum atomic E-state index is -0.839. The van der Waals surface area contributed by atoms with Crippen molar-refractivity contribution in [1.29, 1.82) is 0 Å². The topological polar surface area (TPSA) is 46.6 Å². The Morgan fingerprint density at radius 1 is 0.400 bits per heavy atom. The number of rotatable bonds is 0. The van der Waals surface area contributed by atoms with Gasteiger partial charge in [-0.3, -0.25) is 9.20 Å². The largest absolute Gasteiger partial charge is 0.369 e. The highest BCUT2D eigenvalue weighted by molar-refractivity contribution is 6.24. The summed E-state index contributed by atoms with van der Waals surface area (Å²) in [5, 5.41) is 19.6. The first-order chi connectivity index (χ1) is 27.2. The fourth-order valence-electron chi connectivity index (χ4n) is 11.5. The standard InChI is InChI=1S/C51H28N2O2/c54-49-35-13-3-1-11-27(35)29-17-9-19-31-33-23-25-41-43(47(33)52(49)45(29)31)37-15-5-7-21-39(37)51(41)40-22-8-6-16-38(40)44-42(51)26-24-34-32-20-10-18-30-28-12-2-4-14-36(28)50(55)53(46(30)32)48(34)44/h1-26,49,54H. The zero-order valence-corrected chi connectivity index (χ0v) is 29.3. The van der Waals surface area contributed by atoms with Gasteiger partial charge in [0.25, 0.3) is 5.56 Å². The van der Waals surface area contributed by atoms with Crippen molar-refractivity contribution in [2.24, 2.45) is 0 Å². The number of hydrogen-bond acceptors (Lipinski definition) is 2. The lowest BCUT2D eigenvalue weighted by atomic mass is 9.70. The lowest BCUT2D eigenvalue weighted by molar-refractivity contribution is 0.155. The van der Waals surface area contributed by atoms with Crippen LogP contribution in [0, 0.1) is 0 Å². The third-order valence-electron chi connectivity index (χ3n) is 13.4. The van der Waals surface area contributed by atoms with Gasteiger partial charge in [0, 0.05) is 54.6 Å². The summed E-state index contributed by atoms with van der Waals surface area (Å²) in [4.78, 5) is 14.8. The predicted molar refractivity (Wildman–Crippen MR) is 222 cm³/mol. The van der Waals surface area contributed by atoms with Crippen LogP contribution in [0.5, 0.6) is 0 Å². The van der Waals surface area contributed by atoms with Crippen LogP contribution in [0.4, 0.5) is 0 Å². The molecule has 2 unspecified atom stereocenters. The molecule has 11 aromatic rings. The molecule has 0 fully saturated rings. The number of hydrogen-bond donors (Lipinski definition) is 1. The summed E-state index contributed by atoms with van der Waals surface area (Å²) in [6, 6.07) is 56.2. The van der Waals surface area contributed by atoms with E-state index in [4.69, 9.17) is 0 Å². The molecule has 3 aliphatic rings.